The number of methoxy groups -OCH3 is 2. The van der Waals surface area contributed by atoms with Gasteiger partial charge in [-0.1, -0.05) is 0 Å². The van der Waals surface area contributed by atoms with E-state index in [0.29, 0.717) is 3.73 Å². The maximum absolute atomic E-state index is 11.7. The van der Waals surface area contributed by atoms with Crippen LogP contribution >= 0.6 is 0 Å². The maximum atomic E-state index is 11.7. The van der Waals surface area contributed by atoms with Gasteiger partial charge in [-0.15, -0.1) is 0 Å². The van der Waals surface area contributed by atoms with Gasteiger partial charge in [0.05, 0.1) is 0 Å². The van der Waals surface area contributed by atoms with Crippen LogP contribution in [0.2, 0.25) is 29.6 Å². The van der Waals surface area contributed by atoms with Crippen LogP contribution in [0.4, 0.5) is 0 Å². The summed E-state index contributed by atoms with van der Waals surface area (Å²) in [6.45, 7) is 0. The molecule has 8 heteroatoms. The first-order valence-corrected chi connectivity index (χ1v) is 25.1. The van der Waals surface area contributed by atoms with Gasteiger partial charge in [-0.25, -0.2) is 0 Å². The van der Waals surface area contributed by atoms with E-state index in [1.807, 2.05) is 0 Å². The zero-order valence-electron chi connectivity index (χ0n) is 14.0. The van der Waals surface area contributed by atoms with Gasteiger partial charge in [0, 0.05) is 0 Å². The van der Waals surface area contributed by atoms with Gasteiger partial charge in [-0.2, -0.15) is 0 Å². The van der Waals surface area contributed by atoms with Crippen LogP contribution in [0.3, 0.4) is 0 Å². The Morgan fingerprint density at radius 3 is 1.90 bits per heavy atom. The van der Waals surface area contributed by atoms with E-state index < -0.39 is 50.1 Å². The average Bonchev–Trinajstić information content (AvgIpc) is 2.80. The van der Waals surface area contributed by atoms with Crippen molar-refractivity contribution in [3.8, 4) is 0 Å². The summed E-state index contributed by atoms with van der Waals surface area (Å²) in [5.41, 5.74) is 0.114. The second kappa shape index (κ2) is 9.01. The van der Waals surface area contributed by atoms with Crippen molar-refractivity contribution in [2.75, 3.05) is 14.2 Å². The third-order valence-electron chi connectivity index (χ3n) is 2.20. The van der Waals surface area contributed by atoms with Gasteiger partial charge in [0.1, 0.15) is 0 Å². The fourth-order valence-corrected chi connectivity index (χ4v) is 5.14. The number of rotatable bonds is 3. The summed E-state index contributed by atoms with van der Waals surface area (Å²) in [7, 11) is 2.50. The molecule has 6 nitrogen and oxygen atoms in total. The van der Waals surface area contributed by atoms with Crippen LogP contribution < -0.4 is 5.11 Å². The molecule has 0 aromatic heterocycles. The van der Waals surface area contributed by atoms with Crippen LogP contribution in [0.5, 0.6) is 0 Å². The normalized spacial score (nSPS) is 16.2. The molecule has 0 saturated carbocycles. The Hall–Kier alpha value is -0.253. The van der Waals surface area contributed by atoms with Crippen LogP contribution in [0.1, 0.15) is 0 Å². The third-order valence-corrected chi connectivity index (χ3v) is 7.26. The van der Waals surface area contributed by atoms with E-state index in [1.165, 1.54) is 14.2 Å². The third kappa shape index (κ3) is 6.58. The Balaban J connectivity index is 0.000000885. The van der Waals surface area contributed by atoms with Crippen LogP contribution in [-0.4, -0.2) is 67.8 Å². The fraction of sp³-hybridized carbons (Fsp3) is 0.615. The summed E-state index contributed by atoms with van der Waals surface area (Å²) in [5.74, 6) is -1.25. The molecular formula is C13H24N2O4Sn2. The van der Waals surface area contributed by atoms with Crippen molar-refractivity contribution >= 4 is 53.5 Å². The number of carbonyl (C=O) groups is 1. The quantitative estimate of drug-likeness (QED) is 0.327. The van der Waals surface area contributed by atoms with E-state index in [2.05, 4.69) is 49.3 Å². The fourth-order valence-electron chi connectivity index (χ4n) is 1.37. The zero-order valence-corrected chi connectivity index (χ0v) is 19.7. The number of nitrogens with zero attached hydrogens (tertiary/aromatic N) is 2. The molecule has 1 aliphatic heterocycles. The Morgan fingerprint density at radius 2 is 1.57 bits per heavy atom. The molecule has 0 aliphatic carbocycles. The first-order valence-electron chi connectivity index (χ1n) is 6.53. The summed E-state index contributed by atoms with van der Waals surface area (Å²) in [6.07, 6.45) is 0. The molecule has 0 aromatic carbocycles. The molecular weight excluding hydrogens is 486 g/mol. The van der Waals surface area contributed by atoms with Crippen molar-refractivity contribution in [2.24, 2.45) is 10.2 Å². The first kappa shape index (κ1) is 20.7. The average molecular weight is 510 g/mol. The standard InChI is InChI=1S/C7H7N2O4.6CH3.2Sn/c1-12-6(10)4-3-8-9-5(4)7(11)13-2;;;;;;;;/h10H,1-2H3;6*1H3;;/q;;;;;;;;+1/p-1/b6-4-;;;;;;;;. The molecule has 0 radical (unpaired) electrons. The van der Waals surface area contributed by atoms with Crippen LogP contribution in [0, 0.1) is 0 Å². The Labute approximate surface area is 137 Å². The minimum atomic E-state index is -2.63. The molecule has 1 rings (SSSR count). The summed E-state index contributed by atoms with van der Waals surface area (Å²) in [5, 5.41) is 19.4. The Bertz CT molecular complexity index is 474. The number of esters is 1. The van der Waals surface area contributed by atoms with E-state index in [1.54, 1.807) is 0 Å². The van der Waals surface area contributed by atoms with Gasteiger partial charge in [0.25, 0.3) is 0 Å². The number of hydrogen-bond acceptors (Lipinski definition) is 6. The number of hydrogen-bond donors (Lipinski definition) is 0. The van der Waals surface area contributed by atoms with Gasteiger partial charge in [-0.05, 0) is 0 Å². The van der Waals surface area contributed by atoms with Crippen LogP contribution in [0.25, 0.3) is 0 Å². The summed E-state index contributed by atoms with van der Waals surface area (Å²) < 4.78 is 9.88. The van der Waals surface area contributed by atoms with Crippen molar-refractivity contribution in [2.45, 2.75) is 29.6 Å². The van der Waals surface area contributed by atoms with Crippen molar-refractivity contribution in [3.63, 3.8) is 0 Å². The Kier molecular flexibility index (Phi) is 8.91. The minimum absolute atomic E-state index is 0.0547. The molecule has 0 aromatic rings. The molecule has 0 amide bonds. The van der Waals surface area contributed by atoms with E-state index in [0.717, 1.165) is 0 Å². The van der Waals surface area contributed by atoms with Crippen LogP contribution in [-0.2, 0) is 14.3 Å². The second-order valence-corrected chi connectivity index (χ2v) is 28.8. The van der Waals surface area contributed by atoms with Crippen molar-refractivity contribution < 1.29 is 19.4 Å². The van der Waals surface area contributed by atoms with E-state index in [4.69, 9.17) is 0 Å². The number of ether oxygens (including phenoxy) is 2. The molecule has 0 atom stereocenters. The molecule has 0 bridgehead atoms. The molecule has 21 heavy (non-hydrogen) atoms. The predicted octanol–water partition coefficient (Wildman–Crippen LogP) is 1.44. The SMILES string of the molecule is COC(=O)C1=NN=[C]([Sn]([CH3])([CH3])[CH3])/C1=C(\[O-])OC.[CH3][Sn+]([CH3])[CH3]. The zero-order chi connectivity index (χ0) is 16.8. The van der Waals surface area contributed by atoms with Crippen molar-refractivity contribution in [3.05, 3.63) is 11.5 Å². The van der Waals surface area contributed by atoms with Gasteiger partial charge in [0.15, 0.2) is 0 Å². The molecule has 1 aliphatic rings. The van der Waals surface area contributed by atoms with Gasteiger partial charge < -0.3 is 0 Å². The molecule has 0 saturated heterocycles. The second-order valence-electron chi connectivity index (χ2n) is 6.01. The summed E-state index contributed by atoms with van der Waals surface area (Å²) >= 11 is -3.17. The van der Waals surface area contributed by atoms with Gasteiger partial charge >= 0.3 is 138 Å². The van der Waals surface area contributed by atoms with Crippen molar-refractivity contribution in [1.29, 1.82) is 0 Å². The Morgan fingerprint density at radius 1 is 1.10 bits per heavy atom. The van der Waals surface area contributed by atoms with E-state index in [9.17, 15) is 9.90 Å². The molecule has 0 fully saturated rings. The van der Waals surface area contributed by atoms with Crippen LogP contribution in [0.15, 0.2) is 21.7 Å². The van der Waals surface area contributed by atoms with Gasteiger partial charge in [-0.3, -0.25) is 0 Å². The molecule has 1 heterocycles. The van der Waals surface area contributed by atoms with Crippen molar-refractivity contribution in [1.82, 2.24) is 0 Å². The molecule has 118 valence electrons. The predicted molar refractivity (Wildman–Crippen MR) is 87.6 cm³/mol. The molecule has 0 N–H and O–H groups in total. The topological polar surface area (TPSA) is 83.3 Å². The molecule has 0 unspecified atom stereocenters. The van der Waals surface area contributed by atoms with E-state index in [-0.39, 0.29) is 11.3 Å². The van der Waals surface area contributed by atoms with Gasteiger partial charge in [0.2, 0.25) is 0 Å². The summed E-state index contributed by atoms with van der Waals surface area (Å²) in [6, 6.07) is 0. The van der Waals surface area contributed by atoms with E-state index >= 15 is 0 Å². The number of carbonyl (C=O) groups excluding carboxylic acids is 1. The first-order chi connectivity index (χ1) is 9.56. The summed E-state index contributed by atoms with van der Waals surface area (Å²) in [4.78, 5) is 24.8. The molecule has 0 spiro atoms. The monoisotopic (exact) mass is 512 g/mol.